The summed E-state index contributed by atoms with van der Waals surface area (Å²) in [7, 11) is 0.909. The van der Waals surface area contributed by atoms with Crippen molar-refractivity contribution in [3.8, 4) is 11.6 Å². The van der Waals surface area contributed by atoms with Crippen molar-refractivity contribution in [3.63, 3.8) is 0 Å². The molecule has 0 atom stereocenters. The average Bonchev–Trinajstić information content (AvgIpc) is 2.61. The summed E-state index contributed by atoms with van der Waals surface area (Å²) in [5, 5.41) is 13.8. The largest absolute Gasteiger partial charge is 0.538 e. The number of aromatic nitrogens is 2. The number of halogens is 1. The lowest BCUT2D eigenvalue weighted by Crippen LogP contribution is -2.37. The Morgan fingerprint density at radius 1 is 1.31 bits per heavy atom. The van der Waals surface area contributed by atoms with Crippen LogP contribution in [0.2, 0.25) is 0 Å². The van der Waals surface area contributed by atoms with Gasteiger partial charge in [0.25, 0.3) is 0 Å². The van der Waals surface area contributed by atoms with Crippen molar-refractivity contribution in [1.82, 2.24) is 5.27 Å². The Kier molecular flexibility index (Phi) is 2.56. The first-order valence-corrected chi connectivity index (χ1v) is 6.40. The second kappa shape index (κ2) is 3.76. The van der Waals surface area contributed by atoms with Gasteiger partial charge < -0.3 is 9.63 Å². The van der Waals surface area contributed by atoms with Gasteiger partial charge in [0.1, 0.15) is 0 Å². The molecule has 1 aromatic heterocycles. The Labute approximate surface area is 95.1 Å². The van der Waals surface area contributed by atoms with Gasteiger partial charge in [-0.25, -0.2) is 8.42 Å². The quantitative estimate of drug-likeness (QED) is 0.558. The molecule has 0 saturated heterocycles. The van der Waals surface area contributed by atoms with E-state index in [0.29, 0.717) is 5.69 Å². The van der Waals surface area contributed by atoms with Crippen LogP contribution in [0.4, 0.5) is 0 Å². The summed E-state index contributed by atoms with van der Waals surface area (Å²) < 4.78 is 27.4. The molecule has 1 aromatic carbocycles. The fraction of sp³-hybridized carbons (Fsp3) is 0. The molecule has 0 spiro atoms. The Bertz CT molecular complexity index is 608. The standard InChI is InChI=1S/C8H5ClN2O4S/c9-16(13,14)7-8(12)15-10-11(7)6-4-2-1-3-5-6/h1-5H. The highest BCUT2D eigenvalue weighted by Crippen LogP contribution is 2.19. The molecule has 16 heavy (non-hydrogen) atoms. The van der Waals surface area contributed by atoms with Gasteiger partial charge in [0.05, 0.1) is 5.27 Å². The predicted molar refractivity (Wildman–Crippen MR) is 50.5 cm³/mol. The summed E-state index contributed by atoms with van der Waals surface area (Å²) in [6, 6.07) is 8.18. The van der Waals surface area contributed by atoms with Crippen molar-refractivity contribution in [2.24, 2.45) is 0 Å². The van der Waals surface area contributed by atoms with Crippen LogP contribution in [0.5, 0.6) is 5.95 Å². The van der Waals surface area contributed by atoms with E-state index in [1.807, 2.05) is 0 Å². The monoisotopic (exact) mass is 260 g/mol. The number of nitrogens with zero attached hydrogens (tertiary/aromatic N) is 2. The molecule has 0 aliphatic heterocycles. The van der Waals surface area contributed by atoms with Crippen LogP contribution in [0.15, 0.2) is 39.9 Å². The third-order valence-corrected chi connectivity index (χ3v) is 3.04. The minimum atomic E-state index is -4.20. The van der Waals surface area contributed by atoms with Crippen LogP contribution in [0.25, 0.3) is 5.69 Å². The van der Waals surface area contributed by atoms with Crippen LogP contribution in [0.1, 0.15) is 0 Å². The first-order chi connectivity index (χ1) is 7.50. The molecule has 6 nitrogen and oxygen atoms in total. The van der Waals surface area contributed by atoms with E-state index in [1.165, 1.54) is 0 Å². The maximum Gasteiger partial charge on any atom is 0.368 e. The molecule has 1 heterocycles. The van der Waals surface area contributed by atoms with Gasteiger partial charge >= 0.3 is 14.1 Å². The zero-order valence-electron chi connectivity index (χ0n) is 7.70. The van der Waals surface area contributed by atoms with Gasteiger partial charge in [0, 0.05) is 22.8 Å². The van der Waals surface area contributed by atoms with Crippen LogP contribution in [-0.2, 0) is 9.05 Å². The van der Waals surface area contributed by atoms with Gasteiger partial charge in [-0.2, -0.15) is 0 Å². The third kappa shape index (κ3) is 1.86. The first kappa shape index (κ1) is 10.9. The van der Waals surface area contributed by atoms with Crippen LogP contribution in [0, 0.1) is 0 Å². The minimum Gasteiger partial charge on any atom is -0.538 e. The highest BCUT2D eigenvalue weighted by Gasteiger charge is 2.31. The molecule has 84 valence electrons. The Balaban J connectivity index is 2.69. The normalized spacial score (nSPS) is 11.6. The Morgan fingerprint density at radius 2 is 1.94 bits per heavy atom. The molecule has 0 bridgehead atoms. The van der Waals surface area contributed by atoms with Crippen LogP contribution in [0.3, 0.4) is 0 Å². The molecule has 0 saturated carbocycles. The lowest BCUT2D eigenvalue weighted by molar-refractivity contribution is -0.705. The fourth-order valence-corrected chi connectivity index (χ4v) is 2.14. The molecule has 2 aromatic rings. The smallest absolute Gasteiger partial charge is 0.368 e. The number of para-hydroxylation sites is 1. The number of hydrogen-bond donors (Lipinski definition) is 0. The molecule has 2 rings (SSSR count). The molecule has 8 heteroatoms. The van der Waals surface area contributed by atoms with E-state index < -0.39 is 20.0 Å². The van der Waals surface area contributed by atoms with Crippen LogP contribution >= 0.6 is 10.7 Å². The van der Waals surface area contributed by atoms with E-state index in [-0.39, 0.29) is 0 Å². The van der Waals surface area contributed by atoms with E-state index in [0.717, 1.165) is 4.68 Å². The Morgan fingerprint density at radius 3 is 2.50 bits per heavy atom. The maximum absolute atomic E-state index is 11.2. The van der Waals surface area contributed by atoms with E-state index >= 15 is 0 Å². The zero-order valence-corrected chi connectivity index (χ0v) is 9.27. The van der Waals surface area contributed by atoms with Crippen LogP contribution < -0.4 is 9.79 Å². The number of benzene rings is 1. The first-order valence-electron chi connectivity index (χ1n) is 4.09. The molecule has 0 N–H and O–H groups in total. The van der Waals surface area contributed by atoms with Crippen molar-refractivity contribution in [2.75, 3.05) is 0 Å². The lowest BCUT2D eigenvalue weighted by Gasteiger charge is -1.92. The molecule has 0 aliphatic rings. The van der Waals surface area contributed by atoms with Gasteiger partial charge in [0.15, 0.2) is 5.95 Å². The topological polar surface area (TPSA) is 87.1 Å². The molecular weight excluding hydrogens is 256 g/mol. The molecule has 0 unspecified atom stereocenters. The second-order valence-electron chi connectivity index (χ2n) is 2.85. The number of rotatable bonds is 2. The molecule has 0 amide bonds. The summed E-state index contributed by atoms with van der Waals surface area (Å²) >= 11 is 0. The predicted octanol–water partition coefficient (Wildman–Crippen LogP) is -0.0476. The van der Waals surface area contributed by atoms with Gasteiger partial charge in [0.2, 0.25) is 5.69 Å². The maximum atomic E-state index is 11.2. The summed E-state index contributed by atoms with van der Waals surface area (Å²) in [5.74, 6) is -1.10. The Hall–Kier alpha value is -1.60. The summed E-state index contributed by atoms with van der Waals surface area (Å²) in [6.45, 7) is 0. The molecule has 0 fully saturated rings. The highest BCUT2D eigenvalue weighted by atomic mass is 35.7. The number of hydrogen-bond acceptors (Lipinski definition) is 5. The SMILES string of the molecule is O=S(=O)(Cl)c1c([O-])on[n+]1-c1ccccc1. The van der Waals surface area contributed by atoms with Gasteiger partial charge in [-0.1, -0.05) is 18.2 Å². The van der Waals surface area contributed by atoms with E-state index in [2.05, 4.69) is 9.79 Å². The van der Waals surface area contributed by atoms with E-state index in [1.54, 1.807) is 30.3 Å². The lowest BCUT2D eigenvalue weighted by atomic mass is 10.3. The van der Waals surface area contributed by atoms with Crippen molar-refractivity contribution < 1.29 is 22.7 Å². The van der Waals surface area contributed by atoms with Crippen molar-refractivity contribution in [3.05, 3.63) is 30.3 Å². The summed E-state index contributed by atoms with van der Waals surface area (Å²) in [5.41, 5.74) is 0.368. The third-order valence-electron chi connectivity index (χ3n) is 1.80. The zero-order chi connectivity index (χ0) is 11.8. The summed E-state index contributed by atoms with van der Waals surface area (Å²) in [4.78, 5) is 0. The van der Waals surface area contributed by atoms with Crippen molar-refractivity contribution in [2.45, 2.75) is 5.03 Å². The van der Waals surface area contributed by atoms with Gasteiger partial charge in [-0.05, 0) is 4.68 Å². The minimum absolute atomic E-state index is 0.368. The van der Waals surface area contributed by atoms with Gasteiger partial charge in [-0.3, -0.25) is 0 Å². The second-order valence-corrected chi connectivity index (χ2v) is 5.33. The summed E-state index contributed by atoms with van der Waals surface area (Å²) in [6.07, 6.45) is 0. The van der Waals surface area contributed by atoms with E-state index in [4.69, 9.17) is 10.7 Å². The average molecular weight is 261 g/mol. The highest BCUT2D eigenvalue weighted by molar-refractivity contribution is 8.13. The van der Waals surface area contributed by atoms with Crippen molar-refractivity contribution >= 4 is 19.7 Å². The molecular formula is C8H5ClN2O4S. The fourth-order valence-electron chi connectivity index (χ4n) is 1.18. The van der Waals surface area contributed by atoms with Gasteiger partial charge in [-0.15, -0.1) is 0 Å². The molecule has 0 radical (unpaired) electrons. The van der Waals surface area contributed by atoms with E-state index in [9.17, 15) is 13.5 Å². The van der Waals surface area contributed by atoms with Crippen molar-refractivity contribution in [1.29, 1.82) is 0 Å². The van der Waals surface area contributed by atoms with Crippen LogP contribution in [-0.4, -0.2) is 13.7 Å². The molecule has 0 aliphatic carbocycles.